The molecule has 22 heavy (non-hydrogen) atoms. The molecule has 0 radical (unpaired) electrons. The third kappa shape index (κ3) is 3.55. The van der Waals surface area contributed by atoms with Crippen molar-refractivity contribution in [3.63, 3.8) is 0 Å². The van der Waals surface area contributed by atoms with Crippen LogP contribution in [0, 0.1) is 0 Å². The van der Waals surface area contributed by atoms with E-state index in [0.29, 0.717) is 12.6 Å². The fourth-order valence-electron chi connectivity index (χ4n) is 3.30. The summed E-state index contributed by atoms with van der Waals surface area (Å²) < 4.78 is 0. The van der Waals surface area contributed by atoms with Gasteiger partial charge in [0.2, 0.25) is 0 Å². The number of aliphatic carboxylic acids is 1. The Labute approximate surface area is 131 Å². The molecule has 0 bridgehead atoms. The highest BCUT2D eigenvalue weighted by molar-refractivity contribution is 5.69. The molecular weight excluding hydrogens is 274 g/mol. The number of aryl methyl sites for hydroxylation is 1. The first kappa shape index (κ1) is 14.8. The van der Waals surface area contributed by atoms with Crippen LogP contribution in [-0.2, 0) is 24.2 Å². The number of carboxylic acid groups (broad SMARTS) is 1. The summed E-state index contributed by atoms with van der Waals surface area (Å²) in [7, 11) is 0. The second-order valence-corrected chi connectivity index (χ2v) is 5.95. The summed E-state index contributed by atoms with van der Waals surface area (Å²) in [6.45, 7) is 0.793. The first-order chi connectivity index (χ1) is 10.7. The highest BCUT2D eigenvalue weighted by Gasteiger charge is 2.25. The SMILES string of the molecule is O=C(O)CN(Cc1ccccc1)C1CCc2ccccc2C1. The van der Waals surface area contributed by atoms with Crippen LogP contribution in [0.15, 0.2) is 54.6 Å². The van der Waals surface area contributed by atoms with Gasteiger partial charge in [0.15, 0.2) is 0 Å². The Balaban J connectivity index is 1.77. The smallest absolute Gasteiger partial charge is 0.317 e. The van der Waals surface area contributed by atoms with Gasteiger partial charge >= 0.3 is 5.97 Å². The average Bonchev–Trinajstić information content (AvgIpc) is 2.54. The van der Waals surface area contributed by atoms with E-state index in [-0.39, 0.29) is 6.54 Å². The van der Waals surface area contributed by atoms with Crippen LogP contribution in [0.2, 0.25) is 0 Å². The highest BCUT2D eigenvalue weighted by atomic mass is 16.4. The van der Waals surface area contributed by atoms with E-state index in [1.54, 1.807) is 0 Å². The molecule has 1 unspecified atom stereocenters. The topological polar surface area (TPSA) is 40.5 Å². The van der Waals surface area contributed by atoms with Crippen molar-refractivity contribution in [2.24, 2.45) is 0 Å². The first-order valence-corrected chi connectivity index (χ1v) is 7.79. The van der Waals surface area contributed by atoms with Crippen LogP contribution >= 0.6 is 0 Å². The lowest BCUT2D eigenvalue weighted by Crippen LogP contribution is -2.41. The highest BCUT2D eigenvalue weighted by Crippen LogP contribution is 2.25. The Hall–Kier alpha value is -2.13. The van der Waals surface area contributed by atoms with Gasteiger partial charge in [0.25, 0.3) is 0 Å². The largest absolute Gasteiger partial charge is 0.480 e. The number of nitrogens with zero attached hydrogens (tertiary/aromatic N) is 1. The van der Waals surface area contributed by atoms with Gasteiger partial charge in [-0.3, -0.25) is 9.69 Å². The van der Waals surface area contributed by atoms with Crippen molar-refractivity contribution in [1.29, 1.82) is 0 Å². The third-order valence-corrected chi connectivity index (χ3v) is 4.40. The predicted molar refractivity (Wildman–Crippen MR) is 86.7 cm³/mol. The van der Waals surface area contributed by atoms with E-state index in [4.69, 9.17) is 0 Å². The standard InChI is InChI=1S/C19H21NO2/c21-19(22)14-20(13-15-6-2-1-3-7-15)18-11-10-16-8-4-5-9-17(16)12-18/h1-9,18H,10-14H2,(H,21,22). The molecule has 0 spiro atoms. The van der Waals surface area contributed by atoms with Crippen molar-refractivity contribution in [3.05, 3.63) is 71.3 Å². The Morgan fingerprint density at radius 1 is 1.05 bits per heavy atom. The lowest BCUT2D eigenvalue weighted by molar-refractivity contribution is -0.139. The van der Waals surface area contributed by atoms with Gasteiger partial charge in [0, 0.05) is 12.6 Å². The molecule has 3 nitrogen and oxygen atoms in total. The number of benzene rings is 2. The minimum atomic E-state index is -0.755. The summed E-state index contributed by atoms with van der Waals surface area (Å²) in [5, 5.41) is 9.25. The van der Waals surface area contributed by atoms with Crippen molar-refractivity contribution in [1.82, 2.24) is 4.90 Å². The fraction of sp³-hybridized carbons (Fsp3) is 0.316. The van der Waals surface area contributed by atoms with Gasteiger partial charge in [-0.25, -0.2) is 0 Å². The zero-order chi connectivity index (χ0) is 15.4. The Morgan fingerprint density at radius 3 is 2.45 bits per heavy atom. The van der Waals surface area contributed by atoms with Crippen LogP contribution in [0.4, 0.5) is 0 Å². The van der Waals surface area contributed by atoms with Gasteiger partial charge in [-0.05, 0) is 36.0 Å². The molecule has 1 aliphatic rings. The Kier molecular flexibility index (Phi) is 4.54. The number of rotatable bonds is 5. The number of hydrogen-bond donors (Lipinski definition) is 1. The first-order valence-electron chi connectivity index (χ1n) is 7.79. The summed E-state index contributed by atoms with van der Waals surface area (Å²) in [4.78, 5) is 13.4. The van der Waals surface area contributed by atoms with Crippen molar-refractivity contribution in [2.75, 3.05) is 6.54 Å². The molecule has 0 fully saturated rings. The number of carboxylic acids is 1. The quantitative estimate of drug-likeness (QED) is 0.921. The molecule has 1 atom stereocenters. The zero-order valence-electron chi connectivity index (χ0n) is 12.6. The number of carbonyl (C=O) groups is 1. The van der Waals surface area contributed by atoms with Crippen molar-refractivity contribution < 1.29 is 9.90 Å². The molecule has 0 aromatic heterocycles. The van der Waals surface area contributed by atoms with Crippen LogP contribution in [0.1, 0.15) is 23.1 Å². The molecule has 0 aliphatic heterocycles. The zero-order valence-corrected chi connectivity index (χ0v) is 12.6. The monoisotopic (exact) mass is 295 g/mol. The summed E-state index contributed by atoms with van der Waals surface area (Å²) in [6.07, 6.45) is 3.00. The molecule has 1 N–H and O–H groups in total. The Morgan fingerprint density at radius 2 is 1.73 bits per heavy atom. The van der Waals surface area contributed by atoms with Crippen LogP contribution < -0.4 is 0 Å². The van der Waals surface area contributed by atoms with E-state index in [2.05, 4.69) is 41.3 Å². The van der Waals surface area contributed by atoms with Gasteiger partial charge in [-0.15, -0.1) is 0 Å². The molecular formula is C19H21NO2. The molecule has 3 rings (SSSR count). The van der Waals surface area contributed by atoms with Crippen molar-refractivity contribution in [2.45, 2.75) is 31.8 Å². The van der Waals surface area contributed by atoms with Crippen LogP contribution in [0.3, 0.4) is 0 Å². The van der Waals surface area contributed by atoms with E-state index in [1.807, 2.05) is 18.2 Å². The molecule has 0 heterocycles. The van der Waals surface area contributed by atoms with Gasteiger partial charge < -0.3 is 5.11 Å². The minimum Gasteiger partial charge on any atom is -0.480 e. The van der Waals surface area contributed by atoms with Gasteiger partial charge in [0.05, 0.1) is 6.54 Å². The molecule has 3 heteroatoms. The summed E-state index contributed by atoms with van der Waals surface area (Å²) in [5.41, 5.74) is 3.94. The summed E-state index contributed by atoms with van der Waals surface area (Å²) in [6, 6.07) is 18.9. The van der Waals surface area contributed by atoms with Crippen LogP contribution in [-0.4, -0.2) is 28.6 Å². The van der Waals surface area contributed by atoms with Gasteiger partial charge in [-0.1, -0.05) is 54.6 Å². The molecule has 2 aromatic rings. The van der Waals surface area contributed by atoms with E-state index in [9.17, 15) is 9.90 Å². The third-order valence-electron chi connectivity index (χ3n) is 4.40. The van der Waals surface area contributed by atoms with E-state index in [0.717, 1.165) is 19.3 Å². The summed E-state index contributed by atoms with van der Waals surface area (Å²) in [5.74, 6) is -0.755. The maximum absolute atomic E-state index is 11.2. The maximum Gasteiger partial charge on any atom is 0.317 e. The minimum absolute atomic E-state index is 0.0989. The average molecular weight is 295 g/mol. The fourth-order valence-corrected chi connectivity index (χ4v) is 3.30. The predicted octanol–water partition coefficient (Wildman–Crippen LogP) is 3.13. The molecule has 0 amide bonds. The van der Waals surface area contributed by atoms with Crippen molar-refractivity contribution in [3.8, 4) is 0 Å². The van der Waals surface area contributed by atoms with E-state index < -0.39 is 5.97 Å². The van der Waals surface area contributed by atoms with Gasteiger partial charge in [-0.2, -0.15) is 0 Å². The summed E-state index contributed by atoms with van der Waals surface area (Å²) >= 11 is 0. The molecule has 0 saturated heterocycles. The molecule has 114 valence electrons. The van der Waals surface area contributed by atoms with Crippen LogP contribution in [0.25, 0.3) is 0 Å². The molecule has 0 saturated carbocycles. The maximum atomic E-state index is 11.2. The normalized spacial score (nSPS) is 17.2. The van der Waals surface area contributed by atoms with E-state index in [1.165, 1.54) is 16.7 Å². The van der Waals surface area contributed by atoms with E-state index >= 15 is 0 Å². The molecule has 1 aliphatic carbocycles. The Bertz CT molecular complexity index is 639. The van der Waals surface area contributed by atoms with Crippen LogP contribution in [0.5, 0.6) is 0 Å². The lowest BCUT2D eigenvalue weighted by Gasteiger charge is -2.34. The second-order valence-electron chi connectivity index (χ2n) is 5.95. The number of hydrogen-bond acceptors (Lipinski definition) is 2. The lowest BCUT2D eigenvalue weighted by atomic mass is 9.87. The van der Waals surface area contributed by atoms with Gasteiger partial charge in [0.1, 0.15) is 0 Å². The second kappa shape index (κ2) is 6.75. The molecule has 2 aromatic carbocycles. The van der Waals surface area contributed by atoms with Crippen molar-refractivity contribution >= 4 is 5.97 Å². The number of fused-ring (bicyclic) bond motifs is 1.